The average molecular weight is 514 g/mol. The second-order valence-electron chi connectivity index (χ2n) is 8.64. The molecule has 1 fully saturated rings. The molecule has 35 heavy (non-hydrogen) atoms. The summed E-state index contributed by atoms with van der Waals surface area (Å²) in [5.41, 5.74) is 2.93. The van der Waals surface area contributed by atoms with E-state index in [1.165, 1.54) is 21.6 Å². The Labute approximate surface area is 209 Å². The van der Waals surface area contributed by atoms with Crippen molar-refractivity contribution in [3.05, 3.63) is 54.1 Å². The fraction of sp³-hybridized carbons (Fsp3) is 0.375. The van der Waals surface area contributed by atoms with Crippen LogP contribution in [0.25, 0.3) is 11.4 Å². The molecular weight excluding hydrogens is 486 g/mol. The van der Waals surface area contributed by atoms with Crippen LogP contribution in [0.5, 0.6) is 0 Å². The third-order valence-electron chi connectivity index (χ3n) is 6.36. The maximum Gasteiger partial charge on any atom is 0.243 e. The van der Waals surface area contributed by atoms with Crippen molar-refractivity contribution < 1.29 is 17.9 Å². The molecule has 0 aliphatic carbocycles. The van der Waals surface area contributed by atoms with Crippen LogP contribution in [0.15, 0.2) is 58.6 Å². The average Bonchev–Trinajstić information content (AvgIpc) is 3.41. The Morgan fingerprint density at radius 3 is 2.54 bits per heavy atom. The lowest BCUT2D eigenvalue weighted by atomic mass is 10.1. The van der Waals surface area contributed by atoms with E-state index in [0.717, 1.165) is 17.7 Å². The minimum Gasteiger partial charge on any atom is -0.379 e. The number of fused-ring (bicyclic) bond motifs is 1. The summed E-state index contributed by atoms with van der Waals surface area (Å²) < 4.78 is 34.2. The van der Waals surface area contributed by atoms with Crippen molar-refractivity contribution >= 4 is 33.4 Å². The largest absolute Gasteiger partial charge is 0.379 e. The van der Waals surface area contributed by atoms with E-state index >= 15 is 0 Å². The van der Waals surface area contributed by atoms with Gasteiger partial charge < -0.3 is 14.2 Å². The maximum atomic E-state index is 13.0. The molecule has 1 saturated heterocycles. The number of nitrogens with zero attached hydrogens (tertiary/aromatic N) is 5. The summed E-state index contributed by atoms with van der Waals surface area (Å²) >= 11 is 1.34. The van der Waals surface area contributed by atoms with E-state index in [-0.39, 0.29) is 22.6 Å². The van der Waals surface area contributed by atoms with Crippen molar-refractivity contribution in [1.29, 1.82) is 0 Å². The van der Waals surface area contributed by atoms with Gasteiger partial charge in [0.15, 0.2) is 11.0 Å². The highest BCUT2D eigenvalue weighted by Gasteiger charge is 2.31. The first-order valence-electron chi connectivity index (χ1n) is 11.5. The van der Waals surface area contributed by atoms with Gasteiger partial charge in [-0.05, 0) is 49.2 Å². The molecule has 0 unspecified atom stereocenters. The standard InChI is InChI=1S/C24H27N5O4S2/c1-17-15-19-5-3-4-6-21(19)29(17)22(30)16-34-24-26-25-23(27(24)2)18-7-9-20(10-8-18)35(31,32)28-11-13-33-14-12-28/h3-10,17H,11-16H2,1-2H3/t17-/m1/s1. The fourth-order valence-corrected chi connectivity index (χ4v) is 6.72. The van der Waals surface area contributed by atoms with Crippen molar-refractivity contribution in [1.82, 2.24) is 19.1 Å². The number of benzene rings is 2. The van der Waals surface area contributed by atoms with Crippen molar-refractivity contribution in [2.75, 3.05) is 37.0 Å². The Hall–Kier alpha value is -2.73. The van der Waals surface area contributed by atoms with E-state index in [1.807, 2.05) is 34.7 Å². The number of carbonyl (C=O) groups excluding carboxylic acids is 1. The number of sulfonamides is 1. The van der Waals surface area contributed by atoms with Crippen LogP contribution < -0.4 is 4.90 Å². The van der Waals surface area contributed by atoms with Crippen LogP contribution in [-0.4, -0.2) is 71.5 Å². The minimum absolute atomic E-state index is 0.0367. The minimum atomic E-state index is -3.55. The maximum absolute atomic E-state index is 13.0. The highest BCUT2D eigenvalue weighted by atomic mass is 32.2. The topological polar surface area (TPSA) is 97.6 Å². The molecule has 2 aliphatic rings. The van der Waals surface area contributed by atoms with E-state index < -0.39 is 10.0 Å². The Bertz CT molecular complexity index is 1330. The molecular formula is C24H27N5O4S2. The monoisotopic (exact) mass is 513 g/mol. The van der Waals surface area contributed by atoms with Crippen molar-refractivity contribution in [2.45, 2.75) is 29.4 Å². The van der Waals surface area contributed by atoms with Gasteiger partial charge in [0.1, 0.15) is 0 Å². The van der Waals surface area contributed by atoms with Crippen molar-refractivity contribution in [3.63, 3.8) is 0 Å². The number of aromatic nitrogens is 3. The molecule has 1 atom stereocenters. The molecule has 5 rings (SSSR count). The van der Waals surface area contributed by atoms with E-state index in [4.69, 9.17) is 4.74 Å². The molecule has 2 aliphatic heterocycles. The molecule has 9 nitrogen and oxygen atoms in total. The van der Waals surface area contributed by atoms with Crippen LogP contribution in [0.3, 0.4) is 0 Å². The van der Waals surface area contributed by atoms with Gasteiger partial charge in [0.2, 0.25) is 15.9 Å². The molecule has 1 aromatic heterocycles. The van der Waals surface area contributed by atoms with Crippen LogP contribution in [-0.2, 0) is 33.0 Å². The Kier molecular flexibility index (Phi) is 6.67. The number of hydrogen-bond acceptors (Lipinski definition) is 7. The predicted molar refractivity (Wildman–Crippen MR) is 134 cm³/mol. The zero-order valence-corrected chi connectivity index (χ0v) is 21.3. The van der Waals surface area contributed by atoms with Crippen molar-refractivity contribution in [3.8, 4) is 11.4 Å². The van der Waals surface area contributed by atoms with Crippen molar-refractivity contribution in [2.24, 2.45) is 7.05 Å². The highest BCUT2D eigenvalue weighted by molar-refractivity contribution is 7.99. The quantitative estimate of drug-likeness (QED) is 0.467. The summed E-state index contributed by atoms with van der Waals surface area (Å²) in [6.07, 6.45) is 0.859. The molecule has 184 valence electrons. The third-order valence-corrected chi connectivity index (χ3v) is 9.27. The lowest BCUT2D eigenvalue weighted by Gasteiger charge is -2.26. The number of amides is 1. The smallest absolute Gasteiger partial charge is 0.243 e. The first-order chi connectivity index (χ1) is 16.9. The first-order valence-corrected chi connectivity index (χ1v) is 13.9. The lowest BCUT2D eigenvalue weighted by molar-refractivity contribution is -0.116. The van der Waals surface area contributed by atoms with Gasteiger partial charge in [0, 0.05) is 37.4 Å². The van der Waals surface area contributed by atoms with Gasteiger partial charge in [-0.2, -0.15) is 4.31 Å². The van der Waals surface area contributed by atoms with Gasteiger partial charge in [-0.25, -0.2) is 8.42 Å². The number of morpholine rings is 1. The second-order valence-corrected chi connectivity index (χ2v) is 11.5. The van der Waals surface area contributed by atoms with Gasteiger partial charge >= 0.3 is 0 Å². The molecule has 1 amide bonds. The molecule has 0 bridgehead atoms. The van der Waals surface area contributed by atoms with Gasteiger partial charge in [-0.3, -0.25) is 4.79 Å². The number of thioether (sulfide) groups is 1. The van der Waals surface area contributed by atoms with Crippen LogP contribution in [0.4, 0.5) is 5.69 Å². The van der Waals surface area contributed by atoms with E-state index in [9.17, 15) is 13.2 Å². The number of rotatable bonds is 6. The molecule has 0 spiro atoms. The number of ether oxygens (including phenoxy) is 1. The predicted octanol–water partition coefficient (Wildman–Crippen LogP) is 2.57. The first kappa shape index (κ1) is 24.0. The van der Waals surface area contributed by atoms with E-state index in [2.05, 4.69) is 23.2 Å². The number of para-hydroxylation sites is 1. The molecule has 2 aromatic carbocycles. The molecule has 0 saturated carbocycles. The van der Waals surface area contributed by atoms with Crippen LogP contribution in [0.1, 0.15) is 12.5 Å². The summed E-state index contributed by atoms with van der Waals surface area (Å²) in [5.74, 6) is 0.895. The molecule has 0 N–H and O–H groups in total. The van der Waals surface area contributed by atoms with Gasteiger partial charge in [0.25, 0.3) is 0 Å². The Morgan fingerprint density at radius 2 is 1.80 bits per heavy atom. The number of hydrogen-bond donors (Lipinski definition) is 0. The SMILES string of the molecule is C[C@@H]1Cc2ccccc2N1C(=O)CSc1nnc(-c2ccc(S(=O)(=O)N3CCOCC3)cc2)n1C. The van der Waals surface area contributed by atoms with Crippen LogP contribution in [0, 0.1) is 0 Å². The number of anilines is 1. The molecule has 3 heterocycles. The molecule has 11 heteroatoms. The summed E-state index contributed by atoms with van der Waals surface area (Å²) in [5, 5.41) is 9.17. The van der Waals surface area contributed by atoms with Gasteiger partial charge in [-0.1, -0.05) is 30.0 Å². The van der Waals surface area contributed by atoms with E-state index in [0.29, 0.717) is 37.3 Å². The van der Waals surface area contributed by atoms with Crippen LogP contribution in [0.2, 0.25) is 0 Å². The summed E-state index contributed by atoms with van der Waals surface area (Å²) in [4.78, 5) is 15.1. The lowest BCUT2D eigenvalue weighted by Crippen LogP contribution is -2.40. The molecule has 3 aromatic rings. The Morgan fingerprint density at radius 1 is 1.09 bits per heavy atom. The third kappa shape index (κ3) is 4.61. The second kappa shape index (κ2) is 9.73. The summed E-state index contributed by atoms with van der Waals surface area (Å²) in [7, 11) is -1.71. The van der Waals surface area contributed by atoms with E-state index in [1.54, 1.807) is 24.3 Å². The zero-order chi connectivity index (χ0) is 24.6. The highest BCUT2D eigenvalue weighted by Crippen LogP contribution is 2.33. The van der Waals surface area contributed by atoms with Crippen LogP contribution >= 0.6 is 11.8 Å². The zero-order valence-electron chi connectivity index (χ0n) is 19.6. The summed E-state index contributed by atoms with van der Waals surface area (Å²) in [6, 6.07) is 14.8. The molecule has 0 radical (unpaired) electrons. The normalized spacial score (nSPS) is 18.6. The fourth-order valence-electron chi connectivity index (χ4n) is 4.55. The van der Waals surface area contributed by atoms with Gasteiger partial charge in [0.05, 0.1) is 23.9 Å². The van der Waals surface area contributed by atoms with Gasteiger partial charge in [-0.15, -0.1) is 10.2 Å². The Balaban J connectivity index is 1.27. The number of carbonyl (C=O) groups is 1. The summed E-state index contributed by atoms with van der Waals surface area (Å²) in [6.45, 7) is 3.58.